The molecule has 0 amide bonds. The van der Waals surface area contributed by atoms with Gasteiger partial charge in [-0.25, -0.2) is 23.1 Å². The van der Waals surface area contributed by atoms with Crippen LogP contribution in [0.1, 0.15) is 22.8 Å². The van der Waals surface area contributed by atoms with Crippen LogP contribution in [0.3, 0.4) is 0 Å². The van der Waals surface area contributed by atoms with Crippen molar-refractivity contribution in [2.24, 2.45) is 0 Å². The van der Waals surface area contributed by atoms with Crippen molar-refractivity contribution >= 4 is 46.4 Å². The Morgan fingerprint density at radius 1 is 0.714 bits per heavy atom. The zero-order valence-corrected chi connectivity index (χ0v) is 18.7. The van der Waals surface area contributed by atoms with E-state index in [2.05, 4.69) is 15.0 Å². The molecule has 3 aromatic heterocycles. The largest absolute Gasteiger partial charge is 0.351 e. The van der Waals surface area contributed by atoms with Gasteiger partial charge >= 0.3 is 0 Å². The van der Waals surface area contributed by atoms with E-state index in [-0.39, 0.29) is 38.2 Å². The van der Waals surface area contributed by atoms with Crippen molar-refractivity contribution in [1.82, 2.24) is 19.7 Å². The van der Waals surface area contributed by atoms with Crippen LogP contribution in [0.2, 0.25) is 0 Å². The maximum absolute atomic E-state index is 15.6. The molecule has 1 N–H and O–H groups in total. The van der Waals surface area contributed by atoms with Crippen LogP contribution in [0.5, 0.6) is 0 Å². The molecule has 6 rings (SSSR count). The van der Waals surface area contributed by atoms with Gasteiger partial charge in [0.15, 0.2) is 17.5 Å². The fourth-order valence-corrected chi connectivity index (χ4v) is 4.09. The number of hydrogen-bond donors (Lipinski definition) is 1. The maximum atomic E-state index is 15.6. The maximum Gasteiger partial charge on any atom is 0.179 e. The van der Waals surface area contributed by atoms with Crippen molar-refractivity contribution in [3.8, 4) is 11.1 Å². The quantitative estimate of drug-likeness (QED) is 0.240. The predicted molar refractivity (Wildman–Crippen MR) is 124 cm³/mol. The molecule has 4 nitrogen and oxygen atoms in total. The molecule has 175 valence electrons. The molecule has 2 aliphatic heterocycles. The molecular formula is C26H14CoF4N4. The number of benzene rings is 1. The molecule has 4 aromatic rings. The van der Waals surface area contributed by atoms with Crippen molar-refractivity contribution in [1.29, 1.82) is 0 Å². The topological polar surface area (TPSA) is 46.5 Å². The number of nitrogens with one attached hydrogen (secondary N) is 1. The molecule has 0 saturated heterocycles. The average molecular weight is 517 g/mol. The Labute approximate surface area is 206 Å². The van der Waals surface area contributed by atoms with E-state index in [0.717, 1.165) is 6.07 Å². The van der Waals surface area contributed by atoms with Gasteiger partial charge in [-0.1, -0.05) is 34.8 Å². The Balaban J connectivity index is 0.00000253. The van der Waals surface area contributed by atoms with Crippen molar-refractivity contribution in [3.63, 3.8) is 0 Å². The van der Waals surface area contributed by atoms with Crippen LogP contribution in [0, 0.1) is 17.5 Å². The molecular weight excluding hydrogens is 503 g/mol. The van der Waals surface area contributed by atoms with Crippen LogP contribution in [-0.4, -0.2) is 19.7 Å². The van der Waals surface area contributed by atoms with Gasteiger partial charge in [0.2, 0.25) is 0 Å². The van der Waals surface area contributed by atoms with Gasteiger partial charge in [0.25, 0.3) is 0 Å². The molecule has 8 bridgehead atoms. The fraction of sp³-hybridized carbons (Fsp3) is 0. The van der Waals surface area contributed by atoms with E-state index in [4.69, 9.17) is 0 Å². The Hall–Kier alpha value is -3.95. The summed E-state index contributed by atoms with van der Waals surface area (Å²) in [7, 11) is 0. The van der Waals surface area contributed by atoms with E-state index < -0.39 is 28.5 Å². The van der Waals surface area contributed by atoms with Gasteiger partial charge in [0.1, 0.15) is 11.0 Å². The fourth-order valence-electron chi connectivity index (χ4n) is 4.09. The Morgan fingerprint density at radius 3 is 1.97 bits per heavy atom. The molecule has 1 aromatic carbocycles. The summed E-state index contributed by atoms with van der Waals surface area (Å²) in [5, 5.41) is 0. The van der Waals surface area contributed by atoms with E-state index in [1.807, 2.05) is 0 Å². The minimum atomic E-state index is -1.40. The molecule has 0 unspecified atom stereocenters. The van der Waals surface area contributed by atoms with E-state index in [0.29, 0.717) is 28.3 Å². The molecule has 0 spiro atoms. The zero-order valence-electron chi connectivity index (χ0n) is 17.7. The van der Waals surface area contributed by atoms with Crippen LogP contribution in [0.25, 0.3) is 57.5 Å². The van der Waals surface area contributed by atoms with Gasteiger partial charge in [-0.3, -0.25) is 0 Å². The summed E-state index contributed by atoms with van der Waals surface area (Å²) in [5.74, 6) is -3.54. The van der Waals surface area contributed by atoms with E-state index >= 15 is 13.3 Å². The summed E-state index contributed by atoms with van der Waals surface area (Å²) < 4.78 is 61.3. The number of hydrogen-bond acceptors (Lipinski definition) is 2. The smallest absolute Gasteiger partial charge is 0.179 e. The molecule has 9 heteroatoms. The molecule has 5 heterocycles. The SMILES string of the molecule is Fc1cc2cc3nc(cc4nc(cc5c(-c6ccccc6)c(F)c(c(F)c1[nH]2)n5F)C=C4)C=C3.[Co]. The number of H-pyrrole nitrogens is 1. The van der Waals surface area contributed by atoms with Gasteiger partial charge in [0, 0.05) is 27.9 Å². The van der Waals surface area contributed by atoms with Crippen LogP contribution in [-0.2, 0) is 16.8 Å². The second-order valence-corrected chi connectivity index (χ2v) is 7.85. The number of aromatic nitrogens is 4. The first kappa shape index (κ1) is 22.8. The van der Waals surface area contributed by atoms with Crippen molar-refractivity contribution in [2.75, 3.05) is 0 Å². The third kappa shape index (κ3) is 3.88. The van der Waals surface area contributed by atoms with Crippen molar-refractivity contribution < 1.29 is 34.4 Å². The standard InChI is InChI=1S/C26H14F4N4.Co/c27-20-12-19-11-17-7-6-15(31-17)10-16-8-9-18(32-16)13-21-22(14-4-2-1-3-5-14)23(28)26(34(21)30)24(29)25(20)33-19;/h1-13,33H;. The number of aromatic amines is 1. The summed E-state index contributed by atoms with van der Waals surface area (Å²) in [6.45, 7) is 0. The molecule has 1 radical (unpaired) electrons. The molecule has 0 aliphatic carbocycles. The Bertz CT molecular complexity index is 1700. The number of halogens is 4. The summed E-state index contributed by atoms with van der Waals surface area (Å²) in [5.41, 5.74) is 0.452. The Kier molecular flexibility index (Phi) is 5.66. The summed E-state index contributed by atoms with van der Waals surface area (Å²) >= 11 is 0. The molecule has 0 atom stereocenters. The second kappa shape index (κ2) is 8.68. The van der Waals surface area contributed by atoms with E-state index in [1.165, 1.54) is 12.1 Å². The first-order chi connectivity index (χ1) is 16.5. The number of rotatable bonds is 1. The van der Waals surface area contributed by atoms with Crippen LogP contribution < -0.4 is 0 Å². The van der Waals surface area contributed by atoms with Crippen LogP contribution in [0.15, 0.2) is 54.6 Å². The first-order valence-electron chi connectivity index (χ1n) is 10.4. The summed E-state index contributed by atoms with van der Waals surface area (Å²) in [6.07, 6.45) is 6.82. The summed E-state index contributed by atoms with van der Waals surface area (Å²) in [6, 6.07) is 13.8. The van der Waals surface area contributed by atoms with Gasteiger partial charge in [-0.15, -0.1) is 0 Å². The third-order valence-corrected chi connectivity index (χ3v) is 5.62. The zero-order chi connectivity index (χ0) is 23.4. The van der Waals surface area contributed by atoms with Gasteiger partial charge < -0.3 is 4.98 Å². The van der Waals surface area contributed by atoms with Crippen LogP contribution in [0.4, 0.5) is 17.7 Å². The first-order valence-corrected chi connectivity index (χ1v) is 10.4. The predicted octanol–water partition coefficient (Wildman–Crippen LogP) is 6.94. The van der Waals surface area contributed by atoms with Gasteiger partial charge in [-0.2, -0.15) is 4.79 Å². The van der Waals surface area contributed by atoms with Crippen molar-refractivity contribution in [2.45, 2.75) is 0 Å². The molecule has 2 aliphatic rings. The summed E-state index contributed by atoms with van der Waals surface area (Å²) in [4.78, 5) is 11.3. The van der Waals surface area contributed by atoms with Crippen molar-refractivity contribution in [3.05, 3.63) is 94.8 Å². The Morgan fingerprint density at radius 2 is 1.31 bits per heavy atom. The average Bonchev–Trinajstić information content (AvgIpc) is 3.58. The number of nitrogens with zero attached hydrogens (tertiary/aromatic N) is 3. The molecule has 35 heavy (non-hydrogen) atoms. The molecule has 0 saturated carbocycles. The second-order valence-electron chi connectivity index (χ2n) is 7.85. The minimum absolute atomic E-state index is 0. The third-order valence-electron chi connectivity index (χ3n) is 5.62. The monoisotopic (exact) mass is 517 g/mol. The normalized spacial score (nSPS) is 12.1. The van der Waals surface area contributed by atoms with Crippen LogP contribution >= 0.6 is 0 Å². The minimum Gasteiger partial charge on any atom is -0.351 e. The van der Waals surface area contributed by atoms with Gasteiger partial charge in [-0.05, 0) is 54.1 Å². The molecule has 0 fully saturated rings. The van der Waals surface area contributed by atoms with E-state index in [9.17, 15) is 4.39 Å². The van der Waals surface area contributed by atoms with Gasteiger partial charge in [0.05, 0.1) is 28.3 Å². The van der Waals surface area contributed by atoms with E-state index in [1.54, 1.807) is 60.7 Å². The number of fused-ring (bicyclic) bond motifs is 8.